The van der Waals surface area contributed by atoms with Crippen molar-refractivity contribution in [3.63, 3.8) is 0 Å². The number of amides is 2. The molecule has 2 aromatic rings. The van der Waals surface area contributed by atoms with Gasteiger partial charge >= 0.3 is 0 Å². The molecule has 2 amide bonds. The first-order chi connectivity index (χ1) is 14.3. The first kappa shape index (κ1) is 24.5. The first-order valence-corrected chi connectivity index (χ1v) is 11.2. The van der Waals surface area contributed by atoms with Crippen LogP contribution in [0.3, 0.4) is 0 Å². The molecule has 0 bridgehead atoms. The summed E-state index contributed by atoms with van der Waals surface area (Å²) in [5.74, 6) is -0.359. The smallest absolute Gasteiger partial charge is 0.242 e. The van der Waals surface area contributed by atoms with E-state index in [-0.39, 0.29) is 24.8 Å². The van der Waals surface area contributed by atoms with E-state index >= 15 is 0 Å². The summed E-state index contributed by atoms with van der Waals surface area (Å²) < 4.78 is 0. The van der Waals surface area contributed by atoms with Crippen LogP contribution in [0.15, 0.2) is 42.5 Å². The van der Waals surface area contributed by atoms with Crippen LogP contribution in [0, 0.1) is 0 Å². The number of nitrogens with one attached hydrogen (secondary N) is 1. The molecule has 162 valence electrons. The van der Waals surface area contributed by atoms with Crippen LogP contribution in [0.4, 0.5) is 0 Å². The van der Waals surface area contributed by atoms with E-state index in [0.29, 0.717) is 33.6 Å². The van der Waals surface area contributed by atoms with E-state index in [0.717, 1.165) is 18.4 Å². The number of aryl methyl sites for hydroxylation is 1. The van der Waals surface area contributed by atoms with E-state index in [4.69, 9.17) is 34.8 Å². The number of unbranched alkanes of at least 4 members (excludes halogenated alkanes) is 1. The van der Waals surface area contributed by atoms with E-state index in [2.05, 4.69) is 12.2 Å². The summed E-state index contributed by atoms with van der Waals surface area (Å²) in [7, 11) is 0. The molecule has 0 saturated carbocycles. The van der Waals surface area contributed by atoms with Crippen molar-refractivity contribution in [1.82, 2.24) is 10.2 Å². The quantitative estimate of drug-likeness (QED) is 0.440. The molecular formula is C23H27Cl3N2O2. The van der Waals surface area contributed by atoms with E-state index in [1.807, 2.05) is 18.2 Å². The Kier molecular flexibility index (Phi) is 9.96. The van der Waals surface area contributed by atoms with Gasteiger partial charge in [-0.1, -0.05) is 72.4 Å². The van der Waals surface area contributed by atoms with Crippen molar-refractivity contribution >= 4 is 46.6 Å². The molecule has 0 fully saturated rings. The maximum absolute atomic E-state index is 13.1. The molecular weight excluding hydrogens is 443 g/mol. The molecule has 0 saturated heterocycles. The molecule has 2 aromatic carbocycles. The monoisotopic (exact) mass is 468 g/mol. The van der Waals surface area contributed by atoms with Gasteiger partial charge in [0.25, 0.3) is 0 Å². The predicted molar refractivity (Wildman–Crippen MR) is 124 cm³/mol. The number of halogens is 3. The van der Waals surface area contributed by atoms with Crippen LogP contribution in [0.2, 0.25) is 15.1 Å². The van der Waals surface area contributed by atoms with E-state index < -0.39 is 6.04 Å². The minimum atomic E-state index is -0.659. The molecule has 0 aliphatic carbocycles. The molecule has 0 unspecified atom stereocenters. The van der Waals surface area contributed by atoms with Crippen LogP contribution < -0.4 is 5.32 Å². The number of nitrogens with zero attached hydrogens (tertiary/aromatic N) is 1. The minimum Gasteiger partial charge on any atom is -0.354 e. The van der Waals surface area contributed by atoms with Gasteiger partial charge in [0.1, 0.15) is 6.04 Å². The molecule has 0 aromatic heterocycles. The van der Waals surface area contributed by atoms with Crippen LogP contribution in [0.25, 0.3) is 0 Å². The van der Waals surface area contributed by atoms with Crippen molar-refractivity contribution in [1.29, 1.82) is 0 Å². The van der Waals surface area contributed by atoms with Gasteiger partial charge in [-0.2, -0.15) is 0 Å². The Morgan fingerprint density at radius 1 is 1.00 bits per heavy atom. The molecule has 2 rings (SSSR count). The summed E-state index contributed by atoms with van der Waals surface area (Å²) in [6, 6.07) is 12.0. The Labute approximate surface area is 193 Å². The van der Waals surface area contributed by atoms with Crippen LogP contribution in [0.1, 0.15) is 44.2 Å². The van der Waals surface area contributed by atoms with Gasteiger partial charge in [-0.3, -0.25) is 9.59 Å². The summed E-state index contributed by atoms with van der Waals surface area (Å²) in [5, 5.41) is 4.44. The lowest BCUT2D eigenvalue weighted by atomic mass is 10.1. The second-order valence-corrected chi connectivity index (χ2v) is 8.36. The zero-order chi connectivity index (χ0) is 22.1. The molecule has 0 aliphatic heterocycles. The van der Waals surface area contributed by atoms with Crippen molar-refractivity contribution in [2.45, 2.75) is 52.1 Å². The van der Waals surface area contributed by atoms with Gasteiger partial charge < -0.3 is 10.2 Å². The van der Waals surface area contributed by atoms with Gasteiger partial charge in [0.15, 0.2) is 0 Å². The van der Waals surface area contributed by atoms with Crippen LogP contribution in [0.5, 0.6) is 0 Å². The lowest BCUT2D eigenvalue weighted by molar-refractivity contribution is -0.140. The average molecular weight is 470 g/mol. The first-order valence-electron chi connectivity index (χ1n) is 10.1. The second kappa shape index (κ2) is 12.2. The summed E-state index contributed by atoms with van der Waals surface area (Å²) in [6.07, 6.45) is 2.56. The largest absolute Gasteiger partial charge is 0.354 e. The summed E-state index contributed by atoms with van der Waals surface area (Å²) in [5.41, 5.74) is 1.52. The Balaban J connectivity index is 2.19. The summed E-state index contributed by atoms with van der Waals surface area (Å²) >= 11 is 18.9. The fraction of sp³-hybridized carbons (Fsp3) is 0.391. The number of hydrogen-bond acceptors (Lipinski definition) is 2. The number of benzene rings is 2. The highest BCUT2D eigenvalue weighted by Crippen LogP contribution is 2.27. The van der Waals surface area contributed by atoms with Crippen molar-refractivity contribution in [3.05, 3.63) is 68.7 Å². The number of rotatable bonds is 10. The molecule has 0 spiro atoms. The van der Waals surface area contributed by atoms with Crippen LogP contribution in [-0.2, 0) is 22.6 Å². The van der Waals surface area contributed by atoms with Gasteiger partial charge in [-0.15, -0.1) is 0 Å². The van der Waals surface area contributed by atoms with Gasteiger partial charge in [0.05, 0.1) is 0 Å². The standard InChI is InChI=1S/C23H27Cl3N2O2/c1-3-4-14-27-23(30)16(2)28(15-18-20(25)10-7-11-21(18)26)22(29)13-12-17-8-5-6-9-19(17)24/h5-11,16H,3-4,12-15H2,1-2H3,(H,27,30)/t16-/m0/s1. The Morgan fingerprint density at radius 3 is 2.27 bits per heavy atom. The van der Waals surface area contributed by atoms with E-state index in [1.165, 1.54) is 4.90 Å². The molecule has 0 aliphatic rings. The zero-order valence-electron chi connectivity index (χ0n) is 17.3. The Bertz CT molecular complexity index is 853. The normalized spacial score (nSPS) is 11.8. The number of hydrogen-bond donors (Lipinski definition) is 1. The van der Waals surface area contributed by atoms with Crippen molar-refractivity contribution in [3.8, 4) is 0 Å². The maximum atomic E-state index is 13.1. The molecule has 0 radical (unpaired) electrons. The third-order valence-corrected chi connectivity index (χ3v) is 6.03. The SMILES string of the molecule is CCCCNC(=O)[C@H](C)N(Cc1c(Cl)cccc1Cl)C(=O)CCc1ccccc1Cl. The number of carbonyl (C=O) groups is 2. The van der Waals surface area contributed by atoms with E-state index in [1.54, 1.807) is 31.2 Å². The average Bonchev–Trinajstić information content (AvgIpc) is 2.72. The molecule has 0 heterocycles. The third kappa shape index (κ3) is 6.90. The van der Waals surface area contributed by atoms with Gasteiger partial charge in [0, 0.05) is 40.1 Å². The van der Waals surface area contributed by atoms with Gasteiger partial charge in [0.2, 0.25) is 11.8 Å². The summed E-state index contributed by atoms with van der Waals surface area (Å²) in [4.78, 5) is 27.3. The fourth-order valence-electron chi connectivity index (χ4n) is 3.06. The van der Waals surface area contributed by atoms with Crippen LogP contribution >= 0.6 is 34.8 Å². The summed E-state index contributed by atoms with van der Waals surface area (Å²) in [6.45, 7) is 4.51. The molecule has 1 atom stereocenters. The van der Waals surface area contributed by atoms with Crippen LogP contribution in [-0.4, -0.2) is 29.3 Å². The lowest BCUT2D eigenvalue weighted by Gasteiger charge is -2.29. The minimum absolute atomic E-state index is 0.155. The topological polar surface area (TPSA) is 49.4 Å². The van der Waals surface area contributed by atoms with E-state index in [9.17, 15) is 9.59 Å². The zero-order valence-corrected chi connectivity index (χ0v) is 19.5. The highest BCUT2D eigenvalue weighted by molar-refractivity contribution is 6.36. The van der Waals surface area contributed by atoms with Crippen molar-refractivity contribution in [2.75, 3.05) is 6.54 Å². The number of carbonyl (C=O) groups excluding carboxylic acids is 2. The van der Waals surface area contributed by atoms with Gasteiger partial charge in [-0.25, -0.2) is 0 Å². The molecule has 1 N–H and O–H groups in total. The lowest BCUT2D eigenvalue weighted by Crippen LogP contribution is -2.48. The second-order valence-electron chi connectivity index (χ2n) is 7.13. The third-order valence-electron chi connectivity index (χ3n) is 4.95. The highest BCUT2D eigenvalue weighted by Gasteiger charge is 2.27. The fourth-order valence-corrected chi connectivity index (χ4v) is 3.81. The predicted octanol–water partition coefficient (Wildman–Crippen LogP) is 5.91. The molecule has 4 nitrogen and oxygen atoms in total. The molecule has 7 heteroatoms. The Morgan fingerprint density at radius 2 is 1.63 bits per heavy atom. The molecule has 30 heavy (non-hydrogen) atoms. The van der Waals surface area contributed by atoms with Crippen molar-refractivity contribution in [2.24, 2.45) is 0 Å². The maximum Gasteiger partial charge on any atom is 0.242 e. The Hall–Kier alpha value is -1.75. The van der Waals surface area contributed by atoms with Gasteiger partial charge in [-0.05, 0) is 43.5 Å². The van der Waals surface area contributed by atoms with Crippen molar-refractivity contribution < 1.29 is 9.59 Å². The highest BCUT2D eigenvalue weighted by atomic mass is 35.5.